The molecule has 0 saturated heterocycles. The lowest BCUT2D eigenvalue weighted by molar-refractivity contribution is 0.390. The standard InChI is InChI=1S/C14H16BrFN2O/c1-8(13-9(2)18-19-10(13)3)17-7-11-5-4-6-12(16)14(11)15/h4-6,8,17H,7H2,1-3H3. The first-order chi connectivity index (χ1) is 9.00. The highest BCUT2D eigenvalue weighted by Gasteiger charge is 2.16. The number of nitrogens with zero attached hydrogens (tertiary/aromatic N) is 1. The monoisotopic (exact) mass is 326 g/mol. The number of aromatic nitrogens is 1. The van der Waals surface area contributed by atoms with E-state index in [4.69, 9.17) is 4.52 Å². The van der Waals surface area contributed by atoms with Crippen molar-refractivity contribution < 1.29 is 8.91 Å². The smallest absolute Gasteiger partial charge is 0.138 e. The van der Waals surface area contributed by atoms with E-state index in [0.717, 1.165) is 22.6 Å². The van der Waals surface area contributed by atoms with Crippen molar-refractivity contribution in [3.63, 3.8) is 0 Å². The maximum atomic E-state index is 13.4. The molecule has 0 amide bonds. The third kappa shape index (κ3) is 3.04. The summed E-state index contributed by atoms with van der Waals surface area (Å²) in [6.07, 6.45) is 0. The van der Waals surface area contributed by atoms with Gasteiger partial charge in [0.1, 0.15) is 11.6 Å². The first-order valence-corrected chi connectivity index (χ1v) is 6.89. The molecule has 0 fully saturated rings. The third-order valence-corrected chi connectivity index (χ3v) is 4.04. The third-order valence-electron chi connectivity index (χ3n) is 3.15. The highest BCUT2D eigenvalue weighted by atomic mass is 79.9. The SMILES string of the molecule is Cc1noc(C)c1C(C)NCc1cccc(F)c1Br. The fourth-order valence-corrected chi connectivity index (χ4v) is 2.56. The molecule has 0 bridgehead atoms. The van der Waals surface area contributed by atoms with E-state index >= 15 is 0 Å². The zero-order valence-corrected chi connectivity index (χ0v) is 12.7. The van der Waals surface area contributed by atoms with Gasteiger partial charge >= 0.3 is 0 Å². The Bertz CT molecular complexity index is 563. The molecule has 1 N–H and O–H groups in total. The predicted molar refractivity (Wildman–Crippen MR) is 75.3 cm³/mol. The number of nitrogens with one attached hydrogen (secondary N) is 1. The number of halogens is 2. The van der Waals surface area contributed by atoms with E-state index < -0.39 is 0 Å². The Morgan fingerprint density at radius 2 is 2.16 bits per heavy atom. The summed E-state index contributed by atoms with van der Waals surface area (Å²) in [7, 11) is 0. The topological polar surface area (TPSA) is 38.1 Å². The van der Waals surface area contributed by atoms with Crippen molar-refractivity contribution in [3.05, 3.63) is 51.1 Å². The molecule has 1 heterocycles. The van der Waals surface area contributed by atoms with Crippen molar-refractivity contribution in [2.45, 2.75) is 33.4 Å². The van der Waals surface area contributed by atoms with Crippen LogP contribution in [0, 0.1) is 19.7 Å². The molecule has 2 aromatic rings. The summed E-state index contributed by atoms with van der Waals surface area (Å²) in [6.45, 7) is 6.43. The average molecular weight is 327 g/mol. The van der Waals surface area contributed by atoms with Crippen LogP contribution in [-0.2, 0) is 6.54 Å². The second-order valence-electron chi connectivity index (χ2n) is 4.55. The summed E-state index contributed by atoms with van der Waals surface area (Å²) in [5.41, 5.74) is 2.84. The highest BCUT2D eigenvalue weighted by Crippen LogP contribution is 2.23. The fourth-order valence-electron chi connectivity index (χ4n) is 2.16. The van der Waals surface area contributed by atoms with Gasteiger partial charge in [0.25, 0.3) is 0 Å². The van der Waals surface area contributed by atoms with Gasteiger partial charge in [0.2, 0.25) is 0 Å². The molecule has 5 heteroatoms. The molecular weight excluding hydrogens is 311 g/mol. The van der Waals surface area contributed by atoms with Crippen LogP contribution in [0.2, 0.25) is 0 Å². The molecule has 0 aliphatic carbocycles. The van der Waals surface area contributed by atoms with E-state index in [1.165, 1.54) is 6.07 Å². The molecular formula is C14H16BrFN2O. The molecule has 3 nitrogen and oxygen atoms in total. The van der Waals surface area contributed by atoms with E-state index in [1.807, 2.05) is 26.8 Å². The lowest BCUT2D eigenvalue weighted by Crippen LogP contribution is -2.19. The van der Waals surface area contributed by atoms with Crippen molar-refractivity contribution in [3.8, 4) is 0 Å². The molecule has 1 atom stereocenters. The minimum atomic E-state index is -0.246. The lowest BCUT2D eigenvalue weighted by atomic mass is 10.1. The number of hydrogen-bond acceptors (Lipinski definition) is 3. The Morgan fingerprint density at radius 1 is 1.42 bits per heavy atom. The van der Waals surface area contributed by atoms with Gasteiger partial charge in [-0.1, -0.05) is 17.3 Å². The van der Waals surface area contributed by atoms with Crippen LogP contribution in [0.15, 0.2) is 27.2 Å². The molecule has 0 aliphatic heterocycles. The first-order valence-electron chi connectivity index (χ1n) is 6.09. The summed E-state index contributed by atoms with van der Waals surface area (Å²) in [5.74, 6) is 0.570. The average Bonchev–Trinajstić information content (AvgIpc) is 2.71. The van der Waals surface area contributed by atoms with Crippen molar-refractivity contribution in [1.29, 1.82) is 0 Å². The second kappa shape index (κ2) is 5.84. The molecule has 0 saturated carbocycles. The highest BCUT2D eigenvalue weighted by molar-refractivity contribution is 9.10. The Balaban J connectivity index is 2.09. The molecule has 1 unspecified atom stereocenters. The zero-order valence-electron chi connectivity index (χ0n) is 11.1. The molecule has 0 aliphatic rings. The van der Waals surface area contributed by atoms with Gasteiger partial charge in [0.15, 0.2) is 0 Å². The van der Waals surface area contributed by atoms with Gasteiger partial charge in [-0.3, -0.25) is 0 Å². The van der Waals surface area contributed by atoms with Crippen LogP contribution in [0.1, 0.15) is 35.5 Å². The Morgan fingerprint density at radius 3 is 2.79 bits per heavy atom. The van der Waals surface area contributed by atoms with E-state index in [-0.39, 0.29) is 11.9 Å². The lowest BCUT2D eigenvalue weighted by Gasteiger charge is -2.14. The minimum Gasteiger partial charge on any atom is -0.361 e. The number of aryl methyl sites for hydroxylation is 2. The number of hydrogen-bond donors (Lipinski definition) is 1. The summed E-state index contributed by atoms with van der Waals surface area (Å²) in [5, 5.41) is 7.29. The van der Waals surface area contributed by atoms with Gasteiger partial charge in [-0.25, -0.2) is 4.39 Å². The van der Waals surface area contributed by atoms with Crippen LogP contribution in [0.4, 0.5) is 4.39 Å². The van der Waals surface area contributed by atoms with Gasteiger partial charge in [-0.2, -0.15) is 0 Å². The quantitative estimate of drug-likeness (QED) is 0.921. The summed E-state index contributed by atoms with van der Waals surface area (Å²) in [4.78, 5) is 0. The molecule has 2 rings (SSSR count). The molecule has 1 aromatic carbocycles. The van der Waals surface area contributed by atoms with Crippen LogP contribution in [0.25, 0.3) is 0 Å². The summed E-state index contributed by atoms with van der Waals surface area (Å²) < 4.78 is 19.1. The summed E-state index contributed by atoms with van der Waals surface area (Å²) >= 11 is 3.26. The van der Waals surface area contributed by atoms with E-state index in [0.29, 0.717) is 11.0 Å². The van der Waals surface area contributed by atoms with E-state index in [1.54, 1.807) is 6.07 Å². The molecule has 1 aromatic heterocycles. The van der Waals surface area contributed by atoms with Gasteiger partial charge in [-0.05, 0) is 48.3 Å². The van der Waals surface area contributed by atoms with Crippen LogP contribution in [-0.4, -0.2) is 5.16 Å². The van der Waals surface area contributed by atoms with Crippen LogP contribution < -0.4 is 5.32 Å². The van der Waals surface area contributed by atoms with Crippen molar-refractivity contribution in [2.75, 3.05) is 0 Å². The first kappa shape index (κ1) is 14.2. The Kier molecular flexibility index (Phi) is 4.37. The Labute approximate surface area is 120 Å². The second-order valence-corrected chi connectivity index (χ2v) is 5.35. The molecule has 0 radical (unpaired) electrons. The normalized spacial score (nSPS) is 12.7. The van der Waals surface area contributed by atoms with Gasteiger partial charge in [-0.15, -0.1) is 0 Å². The van der Waals surface area contributed by atoms with Crippen LogP contribution in [0.3, 0.4) is 0 Å². The molecule has 102 valence electrons. The summed E-state index contributed by atoms with van der Waals surface area (Å²) in [6, 6.07) is 5.13. The number of rotatable bonds is 4. The van der Waals surface area contributed by atoms with Crippen molar-refractivity contribution in [2.24, 2.45) is 0 Å². The van der Waals surface area contributed by atoms with Gasteiger partial charge in [0, 0.05) is 18.2 Å². The van der Waals surface area contributed by atoms with Crippen LogP contribution >= 0.6 is 15.9 Å². The van der Waals surface area contributed by atoms with Crippen molar-refractivity contribution in [1.82, 2.24) is 10.5 Å². The van der Waals surface area contributed by atoms with E-state index in [2.05, 4.69) is 26.4 Å². The van der Waals surface area contributed by atoms with Crippen molar-refractivity contribution >= 4 is 15.9 Å². The molecule has 0 spiro atoms. The van der Waals surface area contributed by atoms with Crippen LogP contribution in [0.5, 0.6) is 0 Å². The Hall–Kier alpha value is -1.20. The number of benzene rings is 1. The largest absolute Gasteiger partial charge is 0.361 e. The van der Waals surface area contributed by atoms with Gasteiger partial charge in [0.05, 0.1) is 10.2 Å². The minimum absolute atomic E-state index is 0.0985. The maximum absolute atomic E-state index is 13.4. The zero-order chi connectivity index (χ0) is 14.0. The fraction of sp³-hybridized carbons (Fsp3) is 0.357. The predicted octanol–water partition coefficient (Wildman–Crippen LogP) is 4.04. The molecule has 19 heavy (non-hydrogen) atoms. The van der Waals surface area contributed by atoms with E-state index in [9.17, 15) is 4.39 Å². The maximum Gasteiger partial charge on any atom is 0.138 e. The van der Waals surface area contributed by atoms with Gasteiger partial charge < -0.3 is 9.84 Å².